The molecule has 1 N–H and O–H groups in total. The second kappa shape index (κ2) is 6.43. The van der Waals surface area contributed by atoms with Crippen molar-refractivity contribution in [2.75, 3.05) is 5.32 Å². The predicted octanol–water partition coefficient (Wildman–Crippen LogP) is 3.73. The van der Waals surface area contributed by atoms with Gasteiger partial charge < -0.3 is 14.5 Å². The van der Waals surface area contributed by atoms with Crippen molar-refractivity contribution in [3.63, 3.8) is 0 Å². The summed E-state index contributed by atoms with van der Waals surface area (Å²) in [6, 6.07) is 7.91. The van der Waals surface area contributed by atoms with Gasteiger partial charge in [0.05, 0.1) is 6.10 Å². The molecule has 1 aromatic heterocycles. The third kappa shape index (κ3) is 3.86. The van der Waals surface area contributed by atoms with Crippen LogP contribution in [-0.4, -0.2) is 16.3 Å². The van der Waals surface area contributed by atoms with Crippen LogP contribution in [0.5, 0.6) is 5.75 Å². The quantitative estimate of drug-likeness (QED) is 0.818. The first-order valence-electron chi connectivity index (χ1n) is 6.13. The summed E-state index contributed by atoms with van der Waals surface area (Å²) in [6.07, 6.45) is 1.14. The number of halogens is 1. The maximum Gasteiger partial charge on any atom is 0.320 e. The molecule has 19 heavy (non-hydrogen) atoms. The fourth-order valence-corrected chi connectivity index (χ4v) is 1.55. The summed E-state index contributed by atoms with van der Waals surface area (Å²) in [5, 5.41) is 10.6. The molecule has 0 aliphatic rings. The van der Waals surface area contributed by atoms with Crippen molar-refractivity contribution in [1.29, 1.82) is 0 Å². The zero-order chi connectivity index (χ0) is 13.7. The Kier molecular flexibility index (Phi) is 4.63. The lowest BCUT2D eigenvalue weighted by molar-refractivity contribution is 0.217. The van der Waals surface area contributed by atoms with Gasteiger partial charge in [-0.25, -0.2) is 0 Å². The van der Waals surface area contributed by atoms with E-state index in [0.717, 1.165) is 17.9 Å². The van der Waals surface area contributed by atoms with Gasteiger partial charge in [-0.2, -0.15) is 0 Å². The average Bonchev–Trinajstić information content (AvgIpc) is 2.86. The fraction of sp³-hybridized carbons (Fsp3) is 0.385. The summed E-state index contributed by atoms with van der Waals surface area (Å²) < 4.78 is 11.0. The van der Waals surface area contributed by atoms with Crippen LogP contribution in [0.25, 0.3) is 0 Å². The van der Waals surface area contributed by atoms with Gasteiger partial charge in [0.25, 0.3) is 0 Å². The molecule has 0 bridgehead atoms. The van der Waals surface area contributed by atoms with Crippen LogP contribution in [0.2, 0.25) is 0 Å². The molecule has 1 unspecified atom stereocenters. The van der Waals surface area contributed by atoms with Gasteiger partial charge in [0.1, 0.15) is 11.6 Å². The molecule has 0 saturated heterocycles. The highest BCUT2D eigenvalue weighted by molar-refractivity contribution is 6.16. The van der Waals surface area contributed by atoms with E-state index in [9.17, 15) is 0 Å². The third-order valence-corrected chi connectivity index (χ3v) is 2.81. The normalized spacial score (nSPS) is 12.2. The van der Waals surface area contributed by atoms with Crippen LogP contribution in [0.1, 0.15) is 26.2 Å². The fourth-order valence-electron chi connectivity index (χ4n) is 1.44. The van der Waals surface area contributed by atoms with Crippen LogP contribution >= 0.6 is 11.6 Å². The number of benzene rings is 1. The largest absolute Gasteiger partial charge is 0.491 e. The Hall–Kier alpha value is -1.75. The summed E-state index contributed by atoms with van der Waals surface area (Å²) in [6.45, 7) is 4.11. The highest BCUT2D eigenvalue weighted by Gasteiger charge is 2.06. The molecule has 1 heterocycles. The summed E-state index contributed by atoms with van der Waals surface area (Å²) in [5.74, 6) is 1.39. The number of hydrogen-bond donors (Lipinski definition) is 1. The molecule has 5 nitrogen and oxygen atoms in total. The lowest BCUT2D eigenvalue weighted by Gasteiger charge is -2.13. The molecule has 0 spiro atoms. The summed E-state index contributed by atoms with van der Waals surface area (Å²) in [5.41, 5.74) is 0.825. The Bertz CT molecular complexity index is 530. The first kappa shape index (κ1) is 13.7. The zero-order valence-corrected chi connectivity index (χ0v) is 11.6. The number of aromatic nitrogens is 2. The van der Waals surface area contributed by atoms with Gasteiger partial charge in [0.2, 0.25) is 5.89 Å². The lowest BCUT2D eigenvalue weighted by atomic mass is 10.3. The van der Waals surface area contributed by atoms with Crippen molar-refractivity contribution in [2.24, 2.45) is 0 Å². The Balaban J connectivity index is 2.06. The zero-order valence-electron chi connectivity index (χ0n) is 10.9. The first-order valence-corrected chi connectivity index (χ1v) is 6.66. The van der Waals surface area contributed by atoms with Gasteiger partial charge in [-0.1, -0.05) is 18.1 Å². The molecule has 0 fully saturated rings. The molecule has 0 aliphatic carbocycles. The molecule has 0 radical (unpaired) electrons. The second-order valence-electron chi connectivity index (χ2n) is 4.12. The van der Waals surface area contributed by atoms with Crippen LogP contribution in [0.3, 0.4) is 0 Å². The van der Waals surface area contributed by atoms with Crippen LogP contribution in [0.15, 0.2) is 28.7 Å². The van der Waals surface area contributed by atoms with Crippen LogP contribution in [0.4, 0.5) is 11.7 Å². The standard InChI is InChI=1S/C13H16ClN3O2/c1-3-9(2)18-11-6-4-5-10(7-11)15-13-17-16-12(8-14)19-13/h4-7,9H,3,8H2,1-2H3,(H,15,17). The second-order valence-corrected chi connectivity index (χ2v) is 4.39. The number of nitrogens with one attached hydrogen (secondary N) is 1. The van der Waals surface area contributed by atoms with Crippen LogP contribution in [-0.2, 0) is 5.88 Å². The van der Waals surface area contributed by atoms with Gasteiger partial charge in [0.15, 0.2) is 0 Å². The maximum absolute atomic E-state index is 5.74. The van der Waals surface area contributed by atoms with E-state index in [4.69, 9.17) is 20.8 Å². The van der Waals surface area contributed by atoms with E-state index in [2.05, 4.69) is 22.4 Å². The number of ether oxygens (including phenoxy) is 1. The molecule has 0 amide bonds. The smallest absolute Gasteiger partial charge is 0.320 e. The number of hydrogen-bond acceptors (Lipinski definition) is 5. The van der Waals surface area contributed by atoms with Gasteiger partial charge in [-0.05, 0) is 25.5 Å². The number of nitrogens with zero attached hydrogens (tertiary/aromatic N) is 2. The lowest BCUT2D eigenvalue weighted by Crippen LogP contribution is -2.09. The molecular weight excluding hydrogens is 266 g/mol. The molecule has 6 heteroatoms. The SMILES string of the molecule is CCC(C)Oc1cccc(Nc2nnc(CCl)o2)c1. The van der Waals surface area contributed by atoms with Gasteiger partial charge in [-0.3, -0.25) is 0 Å². The molecule has 102 valence electrons. The van der Waals surface area contributed by atoms with Gasteiger partial charge in [0, 0.05) is 11.8 Å². The van der Waals surface area contributed by atoms with E-state index in [-0.39, 0.29) is 12.0 Å². The van der Waals surface area contributed by atoms with E-state index in [1.165, 1.54) is 0 Å². The highest BCUT2D eigenvalue weighted by atomic mass is 35.5. The van der Waals surface area contributed by atoms with E-state index in [1.807, 2.05) is 31.2 Å². The van der Waals surface area contributed by atoms with E-state index < -0.39 is 0 Å². The van der Waals surface area contributed by atoms with Crippen molar-refractivity contribution in [3.05, 3.63) is 30.2 Å². The van der Waals surface area contributed by atoms with Gasteiger partial charge in [-0.15, -0.1) is 16.7 Å². The van der Waals surface area contributed by atoms with Crippen molar-refractivity contribution >= 4 is 23.3 Å². The minimum absolute atomic E-state index is 0.182. The van der Waals surface area contributed by atoms with Crippen LogP contribution < -0.4 is 10.1 Å². The Morgan fingerprint density at radius 2 is 2.26 bits per heavy atom. The van der Waals surface area contributed by atoms with E-state index >= 15 is 0 Å². The highest BCUT2D eigenvalue weighted by Crippen LogP contribution is 2.22. The monoisotopic (exact) mass is 281 g/mol. The minimum Gasteiger partial charge on any atom is -0.491 e. The first-order chi connectivity index (χ1) is 9.21. The van der Waals surface area contributed by atoms with E-state index in [0.29, 0.717) is 11.9 Å². The molecule has 1 aromatic carbocycles. The molecule has 2 rings (SSSR count). The summed E-state index contributed by atoms with van der Waals surface area (Å²) in [7, 11) is 0. The predicted molar refractivity (Wildman–Crippen MR) is 74.0 cm³/mol. The van der Waals surface area contributed by atoms with Crippen LogP contribution in [0, 0.1) is 0 Å². The molecule has 0 aliphatic heterocycles. The number of rotatable bonds is 6. The average molecular weight is 282 g/mol. The third-order valence-electron chi connectivity index (χ3n) is 2.58. The summed E-state index contributed by atoms with van der Waals surface area (Å²) >= 11 is 5.60. The molecule has 2 aromatic rings. The van der Waals surface area contributed by atoms with Crippen molar-refractivity contribution in [1.82, 2.24) is 10.2 Å². The summed E-state index contributed by atoms with van der Waals surface area (Å²) in [4.78, 5) is 0. The maximum atomic E-state index is 5.74. The number of anilines is 2. The Morgan fingerprint density at radius 3 is 2.95 bits per heavy atom. The van der Waals surface area contributed by atoms with Crippen molar-refractivity contribution in [2.45, 2.75) is 32.3 Å². The number of alkyl halides is 1. The van der Waals surface area contributed by atoms with Gasteiger partial charge >= 0.3 is 6.01 Å². The molecule has 0 saturated carbocycles. The Labute approximate surface area is 116 Å². The van der Waals surface area contributed by atoms with Crippen molar-refractivity contribution in [3.8, 4) is 5.75 Å². The Morgan fingerprint density at radius 1 is 1.42 bits per heavy atom. The topological polar surface area (TPSA) is 60.2 Å². The van der Waals surface area contributed by atoms with E-state index in [1.54, 1.807) is 0 Å². The molecule has 1 atom stereocenters. The minimum atomic E-state index is 0.182. The molecular formula is C13H16ClN3O2. The van der Waals surface area contributed by atoms with Crippen molar-refractivity contribution < 1.29 is 9.15 Å².